The zero-order valence-corrected chi connectivity index (χ0v) is 16.6. The fourth-order valence-corrected chi connectivity index (χ4v) is 4.17. The lowest BCUT2D eigenvalue weighted by molar-refractivity contribution is -0.115. The summed E-state index contributed by atoms with van der Waals surface area (Å²) in [5.74, 6) is -0.293. The Balaban J connectivity index is 1.67. The van der Waals surface area contributed by atoms with Crippen LogP contribution < -0.4 is 5.32 Å². The molecule has 2 aromatic carbocycles. The minimum Gasteiger partial charge on any atom is -0.377 e. The molecule has 0 aliphatic carbocycles. The van der Waals surface area contributed by atoms with Gasteiger partial charge >= 0.3 is 0 Å². The standard InChI is InChI=1S/C19H18ClN3O4S/c1-28(25,26)18-8-13(21-19(24)6-12-4-2-3-5-16(12)20)7-17-15(18)9-23(22-17)14-10-27-11-14/h2-5,7-9,14H,6,10-11H2,1H3,(H,21,24). The Hall–Kier alpha value is -2.42. The Kier molecular flexibility index (Phi) is 4.86. The van der Waals surface area contributed by atoms with Crippen LogP contribution in [-0.4, -0.2) is 43.6 Å². The van der Waals surface area contributed by atoms with Crippen molar-refractivity contribution in [2.45, 2.75) is 17.4 Å². The predicted octanol–water partition coefficient (Wildman–Crippen LogP) is 2.85. The molecule has 1 saturated heterocycles. The first-order valence-corrected chi connectivity index (χ1v) is 10.9. The van der Waals surface area contributed by atoms with Crippen molar-refractivity contribution in [1.29, 1.82) is 0 Å². The van der Waals surface area contributed by atoms with E-state index in [2.05, 4.69) is 10.4 Å². The van der Waals surface area contributed by atoms with E-state index in [0.29, 0.717) is 40.4 Å². The first kappa shape index (κ1) is 18.9. The number of carbonyl (C=O) groups is 1. The number of hydrogen-bond acceptors (Lipinski definition) is 5. The summed E-state index contributed by atoms with van der Waals surface area (Å²) < 4.78 is 31.5. The second-order valence-corrected chi connectivity index (χ2v) is 9.19. The molecule has 0 spiro atoms. The molecule has 1 amide bonds. The van der Waals surface area contributed by atoms with Gasteiger partial charge in [0.15, 0.2) is 9.84 Å². The molecule has 1 fully saturated rings. The van der Waals surface area contributed by atoms with E-state index < -0.39 is 9.84 Å². The topological polar surface area (TPSA) is 90.3 Å². The third-order valence-electron chi connectivity index (χ3n) is 4.59. The van der Waals surface area contributed by atoms with Crippen LogP contribution in [0.15, 0.2) is 47.5 Å². The van der Waals surface area contributed by atoms with Crippen LogP contribution in [0, 0.1) is 0 Å². The van der Waals surface area contributed by atoms with Gasteiger partial charge in [-0.3, -0.25) is 9.48 Å². The molecule has 0 saturated carbocycles. The molecule has 0 bridgehead atoms. The molecule has 1 aliphatic rings. The first-order valence-electron chi connectivity index (χ1n) is 8.65. The highest BCUT2D eigenvalue weighted by Crippen LogP contribution is 2.29. The minimum atomic E-state index is -3.51. The number of fused-ring (bicyclic) bond motifs is 1. The molecule has 28 heavy (non-hydrogen) atoms. The second-order valence-electron chi connectivity index (χ2n) is 6.80. The number of halogens is 1. The van der Waals surface area contributed by atoms with Crippen molar-refractivity contribution >= 4 is 43.9 Å². The molecule has 1 aliphatic heterocycles. The number of amides is 1. The van der Waals surface area contributed by atoms with E-state index in [1.807, 2.05) is 0 Å². The quantitative estimate of drug-likeness (QED) is 0.686. The molecule has 146 valence electrons. The normalized spacial score (nSPS) is 14.8. The van der Waals surface area contributed by atoms with Gasteiger partial charge in [0, 0.05) is 28.5 Å². The van der Waals surface area contributed by atoms with Crippen molar-refractivity contribution in [3.8, 4) is 0 Å². The van der Waals surface area contributed by atoms with E-state index in [-0.39, 0.29) is 23.3 Å². The highest BCUT2D eigenvalue weighted by Gasteiger charge is 2.24. The van der Waals surface area contributed by atoms with Crippen molar-refractivity contribution in [3.63, 3.8) is 0 Å². The van der Waals surface area contributed by atoms with Crippen LogP contribution in [0.25, 0.3) is 10.9 Å². The molecule has 1 aromatic heterocycles. The number of nitrogens with zero attached hydrogens (tertiary/aromatic N) is 2. The van der Waals surface area contributed by atoms with Gasteiger partial charge in [-0.15, -0.1) is 0 Å². The van der Waals surface area contributed by atoms with Gasteiger partial charge in [0.2, 0.25) is 5.91 Å². The van der Waals surface area contributed by atoms with Crippen molar-refractivity contribution in [1.82, 2.24) is 9.78 Å². The lowest BCUT2D eigenvalue weighted by Crippen LogP contribution is -2.30. The maximum atomic E-state index is 12.4. The average molecular weight is 420 g/mol. The van der Waals surface area contributed by atoms with Crippen LogP contribution in [0.2, 0.25) is 5.02 Å². The van der Waals surface area contributed by atoms with E-state index in [1.54, 1.807) is 41.2 Å². The molecule has 7 nitrogen and oxygen atoms in total. The zero-order valence-electron chi connectivity index (χ0n) is 15.1. The summed E-state index contributed by atoms with van der Waals surface area (Å²) in [5, 5.41) is 8.26. The van der Waals surface area contributed by atoms with Crippen molar-refractivity contribution in [3.05, 3.63) is 53.2 Å². The van der Waals surface area contributed by atoms with Crippen LogP contribution in [0.4, 0.5) is 5.69 Å². The number of sulfone groups is 1. The smallest absolute Gasteiger partial charge is 0.228 e. The molecule has 0 radical (unpaired) electrons. The predicted molar refractivity (Wildman–Crippen MR) is 106 cm³/mol. The van der Waals surface area contributed by atoms with Crippen LogP contribution in [0.3, 0.4) is 0 Å². The second kappa shape index (κ2) is 7.20. The number of anilines is 1. The molecule has 2 heterocycles. The lowest BCUT2D eigenvalue weighted by atomic mass is 10.1. The first-order chi connectivity index (χ1) is 13.3. The number of hydrogen-bond donors (Lipinski definition) is 1. The van der Waals surface area contributed by atoms with Gasteiger partial charge < -0.3 is 10.1 Å². The summed E-state index contributed by atoms with van der Waals surface area (Å²) in [4.78, 5) is 12.6. The lowest BCUT2D eigenvalue weighted by Gasteiger charge is -2.25. The van der Waals surface area contributed by atoms with Crippen LogP contribution >= 0.6 is 11.6 Å². The minimum absolute atomic E-state index is 0.0831. The molecular weight excluding hydrogens is 402 g/mol. The van der Waals surface area contributed by atoms with E-state index in [0.717, 1.165) is 6.26 Å². The molecule has 1 N–H and O–H groups in total. The molecule has 0 atom stereocenters. The van der Waals surface area contributed by atoms with Gasteiger partial charge in [0.25, 0.3) is 0 Å². The van der Waals surface area contributed by atoms with Gasteiger partial charge in [0.05, 0.1) is 36.1 Å². The van der Waals surface area contributed by atoms with E-state index in [9.17, 15) is 13.2 Å². The summed E-state index contributed by atoms with van der Waals surface area (Å²) in [7, 11) is -3.51. The number of rotatable bonds is 5. The summed E-state index contributed by atoms with van der Waals surface area (Å²) in [5.41, 5.74) is 1.57. The Morgan fingerprint density at radius 2 is 2.07 bits per heavy atom. The molecule has 3 aromatic rings. The van der Waals surface area contributed by atoms with E-state index >= 15 is 0 Å². The number of aromatic nitrogens is 2. The van der Waals surface area contributed by atoms with E-state index in [4.69, 9.17) is 16.3 Å². The zero-order chi connectivity index (χ0) is 19.9. The van der Waals surface area contributed by atoms with Crippen molar-refractivity contribution < 1.29 is 17.9 Å². The Bertz CT molecular complexity index is 1170. The Morgan fingerprint density at radius 3 is 2.71 bits per heavy atom. The highest BCUT2D eigenvalue weighted by atomic mass is 35.5. The monoisotopic (exact) mass is 419 g/mol. The van der Waals surface area contributed by atoms with E-state index in [1.165, 1.54) is 6.07 Å². The van der Waals surface area contributed by atoms with Crippen molar-refractivity contribution in [2.75, 3.05) is 24.8 Å². The van der Waals surface area contributed by atoms with Gasteiger partial charge in [-0.2, -0.15) is 5.10 Å². The van der Waals surface area contributed by atoms with Gasteiger partial charge in [-0.25, -0.2) is 8.42 Å². The fourth-order valence-electron chi connectivity index (χ4n) is 3.07. The van der Waals surface area contributed by atoms with Gasteiger partial charge in [-0.1, -0.05) is 29.8 Å². The van der Waals surface area contributed by atoms with Crippen molar-refractivity contribution in [2.24, 2.45) is 0 Å². The SMILES string of the molecule is CS(=O)(=O)c1cc(NC(=O)Cc2ccccc2Cl)cc2nn(C3COC3)cc12. The van der Waals surface area contributed by atoms with Crippen LogP contribution in [-0.2, 0) is 25.8 Å². The molecule has 4 rings (SSSR count). The third-order valence-corrected chi connectivity index (χ3v) is 6.10. The molecule has 9 heteroatoms. The summed E-state index contributed by atoms with van der Waals surface area (Å²) in [6.45, 7) is 1.09. The third kappa shape index (κ3) is 3.76. The number of benzene rings is 2. The molecular formula is C19H18ClN3O4S. The number of nitrogens with one attached hydrogen (secondary N) is 1. The van der Waals surface area contributed by atoms with Gasteiger partial charge in [-0.05, 0) is 23.8 Å². The Morgan fingerprint density at radius 1 is 1.32 bits per heavy atom. The largest absolute Gasteiger partial charge is 0.377 e. The highest BCUT2D eigenvalue weighted by molar-refractivity contribution is 7.91. The maximum Gasteiger partial charge on any atom is 0.228 e. The van der Waals surface area contributed by atoms with Crippen LogP contribution in [0.5, 0.6) is 0 Å². The number of carbonyl (C=O) groups excluding carboxylic acids is 1. The van der Waals surface area contributed by atoms with Gasteiger partial charge in [0.1, 0.15) is 0 Å². The van der Waals surface area contributed by atoms with Crippen LogP contribution in [0.1, 0.15) is 11.6 Å². The average Bonchev–Trinajstić information content (AvgIpc) is 2.96. The molecule has 0 unspecified atom stereocenters. The Labute approximate surface area is 167 Å². The fraction of sp³-hybridized carbons (Fsp3) is 0.263. The summed E-state index contributed by atoms with van der Waals surface area (Å²) >= 11 is 6.10. The maximum absolute atomic E-state index is 12.4. The summed E-state index contributed by atoms with van der Waals surface area (Å²) in [6, 6.07) is 10.3. The summed E-state index contributed by atoms with van der Waals surface area (Å²) in [6.07, 6.45) is 2.94. The number of ether oxygens (including phenoxy) is 1.